The Morgan fingerprint density at radius 2 is 2.21 bits per heavy atom. The van der Waals surface area contributed by atoms with Crippen LogP contribution in [-0.4, -0.2) is 29.1 Å². The zero-order valence-corrected chi connectivity index (χ0v) is 10.7. The van der Waals surface area contributed by atoms with Crippen molar-refractivity contribution >= 4 is 22.7 Å². The van der Waals surface area contributed by atoms with Crippen molar-refractivity contribution in [2.24, 2.45) is 0 Å². The van der Waals surface area contributed by atoms with E-state index >= 15 is 0 Å². The monoisotopic (exact) mass is 256 g/mol. The number of nitrogens with zero attached hydrogens (tertiary/aromatic N) is 2. The molecular weight excluding hydrogens is 240 g/mol. The summed E-state index contributed by atoms with van der Waals surface area (Å²) >= 11 is 0. The van der Waals surface area contributed by atoms with Gasteiger partial charge in [0.25, 0.3) is 0 Å². The van der Waals surface area contributed by atoms with Gasteiger partial charge in [0.05, 0.1) is 5.52 Å². The number of para-hydroxylation sites is 1. The van der Waals surface area contributed by atoms with E-state index in [1.165, 1.54) is 10.9 Å². The normalized spacial score (nSPS) is 13.8. The Kier molecular flexibility index (Phi) is 3.07. The quantitative estimate of drug-likeness (QED) is 0.913. The van der Waals surface area contributed by atoms with Gasteiger partial charge in [-0.2, -0.15) is 0 Å². The van der Waals surface area contributed by atoms with Gasteiger partial charge in [-0.25, -0.2) is 4.98 Å². The van der Waals surface area contributed by atoms with Crippen LogP contribution in [0.3, 0.4) is 0 Å². The summed E-state index contributed by atoms with van der Waals surface area (Å²) in [6.07, 6.45) is 1.89. The Morgan fingerprint density at radius 3 is 3.05 bits per heavy atom. The van der Waals surface area contributed by atoms with Gasteiger partial charge in [0.1, 0.15) is 5.82 Å². The van der Waals surface area contributed by atoms with E-state index in [9.17, 15) is 4.79 Å². The van der Waals surface area contributed by atoms with E-state index in [4.69, 9.17) is 10.1 Å². The standard InChI is InChI=1S/C15H16N2O2/c18-14(19)6-3-8-17-9-7-12-10-11-4-1-2-5-13(11)16-15(12)17/h1-2,4-5,10H,3,6-9H2,(H,18,19). The van der Waals surface area contributed by atoms with Crippen molar-refractivity contribution in [3.05, 3.63) is 35.9 Å². The average Bonchev–Trinajstić information content (AvgIpc) is 2.78. The number of aliphatic carboxylic acids is 1. The highest BCUT2D eigenvalue weighted by molar-refractivity contribution is 5.82. The number of hydrogen-bond donors (Lipinski definition) is 1. The van der Waals surface area contributed by atoms with Gasteiger partial charge in [0, 0.05) is 24.9 Å². The molecular formula is C15H16N2O2. The molecule has 98 valence electrons. The lowest BCUT2D eigenvalue weighted by molar-refractivity contribution is -0.137. The fraction of sp³-hybridized carbons (Fsp3) is 0.333. The predicted octanol–water partition coefficient (Wildman–Crippen LogP) is 2.46. The maximum absolute atomic E-state index is 10.6. The summed E-state index contributed by atoms with van der Waals surface area (Å²) in [5, 5.41) is 9.86. The van der Waals surface area contributed by atoms with Gasteiger partial charge < -0.3 is 10.0 Å². The molecule has 0 saturated carbocycles. The van der Waals surface area contributed by atoms with Crippen LogP contribution in [0.5, 0.6) is 0 Å². The third-order valence-electron chi connectivity index (χ3n) is 3.55. The Morgan fingerprint density at radius 1 is 1.37 bits per heavy atom. The van der Waals surface area contributed by atoms with Crippen LogP contribution < -0.4 is 4.90 Å². The van der Waals surface area contributed by atoms with Crippen molar-refractivity contribution in [1.82, 2.24) is 4.98 Å². The minimum atomic E-state index is -0.731. The molecule has 0 bridgehead atoms. The lowest BCUT2D eigenvalue weighted by Gasteiger charge is -2.17. The lowest BCUT2D eigenvalue weighted by Crippen LogP contribution is -2.23. The highest BCUT2D eigenvalue weighted by atomic mass is 16.4. The second-order valence-electron chi connectivity index (χ2n) is 4.90. The molecule has 0 saturated heterocycles. The first kappa shape index (κ1) is 12.0. The molecule has 0 unspecified atom stereocenters. The number of benzene rings is 1. The summed E-state index contributed by atoms with van der Waals surface area (Å²) in [6.45, 7) is 1.71. The summed E-state index contributed by atoms with van der Waals surface area (Å²) in [5.74, 6) is 0.301. The minimum absolute atomic E-state index is 0.222. The number of aromatic nitrogens is 1. The molecule has 1 aromatic carbocycles. The van der Waals surface area contributed by atoms with Crippen LogP contribution in [0.1, 0.15) is 18.4 Å². The molecule has 0 spiro atoms. The number of hydrogen-bond acceptors (Lipinski definition) is 3. The molecule has 1 aliphatic rings. The van der Waals surface area contributed by atoms with E-state index in [1.54, 1.807) is 0 Å². The zero-order chi connectivity index (χ0) is 13.2. The first-order valence-electron chi connectivity index (χ1n) is 6.59. The highest BCUT2D eigenvalue weighted by Crippen LogP contribution is 2.29. The average molecular weight is 256 g/mol. The van der Waals surface area contributed by atoms with Crippen LogP contribution >= 0.6 is 0 Å². The van der Waals surface area contributed by atoms with E-state index in [-0.39, 0.29) is 6.42 Å². The first-order chi connectivity index (χ1) is 9.24. The molecule has 4 heteroatoms. The molecule has 2 heterocycles. The zero-order valence-electron chi connectivity index (χ0n) is 10.7. The molecule has 1 aromatic heterocycles. The van der Waals surface area contributed by atoms with Crippen LogP contribution in [0.25, 0.3) is 10.9 Å². The van der Waals surface area contributed by atoms with Crippen molar-refractivity contribution in [2.75, 3.05) is 18.0 Å². The molecule has 19 heavy (non-hydrogen) atoms. The number of anilines is 1. The molecule has 0 amide bonds. The highest BCUT2D eigenvalue weighted by Gasteiger charge is 2.20. The Bertz CT molecular complexity index is 625. The summed E-state index contributed by atoms with van der Waals surface area (Å²) in [7, 11) is 0. The molecule has 2 aromatic rings. The number of fused-ring (bicyclic) bond motifs is 2. The second-order valence-corrected chi connectivity index (χ2v) is 4.90. The van der Waals surface area contributed by atoms with Gasteiger partial charge in [0.2, 0.25) is 0 Å². The maximum Gasteiger partial charge on any atom is 0.303 e. The number of pyridine rings is 1. The van der Waals surface area contributed by atoms with Crippen LogP contribution in [0.2, 0.25) is 0 Å². The third kappa shape index (κ3) is 2.38. The Balaban J connectivity index is 1.83. The number of rotatable bonds is 4. The smallest absolute Gasteiger partial charge is 0.303 e. The van der Waals surface area contributed by atoms with Gasteiger partial charge in [-0.15, -0.1) is 0 Å². The van der Waals surface area contributed by atoms with Crippen molar-refractivity contribution in [3.63, 3.8) is 0 Å². The van der Waals surface area contributed by atoms with Crippen LogP contribution in [0, 0.1) is 0 Å². The molecule has 0 atom stereocenters. The summed E-state index contributed by atoms with van der Waals surface area (Å²) in [5.41, 5.74) is 2.28. The summed E-state index contributed by atoms with van der Waals surface area (Å²) in [4.78, 5) is 17.5. The fourth-order valence-corrected chi connectivity index (χ4v) is 2.61. The third-order valence-corrected chi connectivity index (χ3v) is 3.55. The molecule has 1 N–H and O–H groups in total. The minimum Gasteiger partial charge on any atom is -0.481 e. The van der Waals surface area contributed by atoms with Crippen LogP contribution in [0.4, 0.5) is 5.82 Å². The van der Waals surface area contributed by atoms with E-state index in [0.717, 1.165) is 30.8 Å². The van der Waals surface area contributed by atoms with E-state index in [2.05, 4.69) is 17.0 Å². The van der Waals surface area contributed by atoms with Gasteiger partial charge in [-0.05, 0) is 30.5 Å². The summed E-state index contributed by atoms with van der Waals surface area (Å²) < 4.78 is 0. The lowest BCUT2D eigenvalue weighted by atomic mass is 10.1. The Hall–Kier alpha value is -2.10. The van der Waals surface area contributed by atoms with E-state index in [0.29, 0.717) is 6.42 Å². The first-order valence-corrected chi connectivity index (χ1v) is 6.59. The van der Waals surface area contributed by atoms with E-state index < -0.39 is 5.97 Å². The predicted molar refractivity (Wildman–Crippen MR) is 74.5 cm³/mol. The van der Waals surface area contributed by atoms with E-state index in [1.807, 2.05) is 18.2 Å². The topological polar surface area (TPSA) is 53.4 Å². The fourth-order valence-electron chi connectivity index (χ4n) is 2.61. The van der Waals surface area contributed by atoms with Gasteiger partial charge in [-0.1, -0.05) is 18.2 Å². The molecule has 1 aliphatic heterocycles. The van der Waals surface area contributed by atoms with Gasteiger partial charge >= 0.3 is 5.97 Å². The number of carboxylic acids is 1. The molecule has 0 radical (unpaired) electrons. The van der Waals surface area contributed by atoms with Crippen LogP contribution in [-0.2, 0) is 11.2 Å². The van der Waals surface area contributed by atoms with Crippen molar-refractivity contribution < 1.29 is 9.90 Å². The molecule has 0 aliphatic carbocycles. The summed E-state index contributed by atoms with van der Waals surface area (Å²) in [6, 6.07) is 10.3. The SMILES string of the molecule is O=C(O)CCCN1CCc2cc3ccccc3nc21. The Labute approximate surface area is 111 Å². The second kappa shape index (κ2) is 4.88. The van der Waals surface area contributed by atoms with Crippen molar-refractivity contribution in [3.8, 4) is 0 Å². The van der Waals surface area contributed by atoms with Gasteiger partial charge in [0.15, 0.2) is 0 Å². The molecule has 0 fully saturated rings. The number of carboxylic acid groups (broad SMARTS) is 1. The molecule has 3 rings (SSSR count). The van der Waals surface area contributed by atoms with Crippen molar-refractivity contribution in [2.45, 2.75) is 19.3 Å². The van der Waals surface area contributed by atoms with Gasteiger partial charge in [-0.3, -0.25) is 4.79 Å². The maximum atomic E-state index is 10.6. The molecule has 4 nitrogen and oxygen atoms in total. The van der Waals surface area contributed by atoms with Crippen LogP contribution in [0.15, 0.2) is 30.3 Å². The number of carbonyl (C=O) groups is 1. The largest absolute Gasteiger partial charge is 0.481 e. The van der Waals surface area contributed by atoms with Crippen molar-refractivity contribution in [1.29, 1.82) is 0 Å².